The van der Waals surface area contributed by atoms with Crippen molar-refractivity contribution in [2.45, 2.75) is 6.92 Å². The highest BCUT2D eigenvalue weighted by Gasteiger charge is 2.08. The van der Waals surface area contributed by atoms with Crippen molar-refractivity contribution in [3.05, 3.63) is 41.2 Å². The first-order valence-corrected chi connectivity index (χ1v) is 5.35. The van der Waals surface area contributed by atoms with Crippen LogP contribution in [0.2, 0.25) is 0 Å². The van der Waals surface area contributed by atoms with Gasteiger partial charge in [-0.15, -0.1) is 0 Å². The normalized spacial score (nSPS) is 9.42. The number of ether oxygens (including phenoxy) is 1. The summed E-state index contributed by atoms with van der Waals surface area (Å²) in [5.41, 5.74) is 7.14. The van der Waals surface area contributed by atoms with Crippen molar-refractivity contribution in [3.63, 3.8) is 0 Å². The van der Waals surface area contributed by atoms with E-state index in [2.05, 4.69) is 9.97 Å². The van der Waals surface area contributed by atoms with Gasteiger partial charge in [0.15, 0.2) is 0 Å². The van der Waals surface area contributed by atoms with Gasteiger partial charge in [-0.2, -0.15) is 15.5 Å². The first-order chi connectivity index (χ1) is 9.12. The first kappa shape index (κ1) is 12.3. The van der Waals surface area contributed by atoms with Gasteiger partial charge in [0.1, 0.15) is 23.6 Å². The highest BCUT2D eigenvalue weighted by atomic mass is 16.5. The van der Waals surface area contributed by atoms with Gasteiger partial charge >= 0.3 is 6.01 Å². The molecule has 0 radical (unpaired) electrons. The van der Waals surface area contributed by atoms with Crippen LogP contribution >= 0.6 is 0 Å². The number of hydrogen-bond donors (Lipinski definition) is 1. The number of nitrogens with zero attached hydrogens (tertiary/aromatic N) is 4. The van der Waals surface area contributed by atoms with E-state index in [0.717, 1.165) is 0 Å². The average molecular weight is 251 g/mol. The summed E-state index contributed by atoms with van der Waals surface area (Å²) in [7, 11) is 0. The number of nitrogens with two attached hydrogens (primary N) is 1. The molecule has 0 aliphatic rings. The van der Waals surface area contributed by atoms with Crippen molar-refractivity contribution >= 4 is 5.69 Å². The molecule has 2 rings (SSSR count). The fourth-order valence-corrected chi connectivity index (χ4v) is 1.47. The molecule has 0 aliphatic carbocycles. The van der Waals surface area contributed by atoms with E-state index in [9.17, 15) is 0 Å². The molecule has 0 spiro atoms. The molecule has 2 aromatic rings. The minimum absolute atomic E-state index is 0.0258. The van der Waals surface area contributed by atoms with E-state index < -0.39 is 0 Å². The van der Waals surface area contributed by atoms with Crippen molar-refractivity contribution in [1.29, 1.82) is 10.5 Å². The molecule has 0 aliphatic heterocycles. The fourth-order valence-electron chi connectivity index (χ4n) is 1.47. The van der Waals surface area contributed by atoms with Gasteiger partial charge in [-0.05, 0) is 31.2 Å². The smallest absolute Gasteiger partial charge is 0.323 e. The van der Waals surface area contributed by atoms with Crippen LogP contribution in [0.4, 0.5) is 5.69 Å². The minimum Gasteiger partial charge on any atom is -0.423 e. The van der Waals surface area contributed by atoms with Gasteiger partial charge < -0.3 is 10.5 Å². The van der Waals surface area contributed by atoms with Crippen LogP contribution in [-0.4, -0.2) is 9.97 Å². The van der Waals surface area contributed by atoms with Gasteiger partial charge in [-0.1, -0.05) is 0 Å². The lowest BCUT2D eigenvalue weighted by molar-refractivity contribution is 0.438. The van der Waals surface area contributed by atoms with Gasteiger partial charge in [0.2, 0.25) is 0 Å². The lowest BCUT2D eigenvalue weighted by Gasteiger charge is -2.06. The van der Waals surface area contributed by atoms with Gasteiger partial charge in [0.05, 0.1) is 5.56 Å². The monoisotopic (exact) mass is 251 g/mol. The lowest BCUT2D eigenvalue weighted by atomic mass is 10.2. The highest BCUT2D eigenvalue weighted by molar-refractivity contribution is 5.53. The van der Waals surface area contributed by atoms with Crippen molar-refractivity contribution in [2.75, 3.05) is 5.73 Å². The predicted molar refractivity (Wildman–Crippen MR) is 67.1 cm³/mol. The molecule has 1 aromatic carbocycles. The summed E-state index contributed by atoms with van der Waals surface area (Å²) in [4.78, 5) is 7.96. The van der Waals surface area contributed by atoms with Gasteiger partial charge in [-0.25, -0.2) is 4.98 Å². The Morgan fingerprint density at radius 1 is 1.16 bits per heavy atom. The Hall–Kier alpha value is -3.12. The number of anilines is 1. The van der Waals surface area contributed by atoms with Crippen molar-refractivity contribution in [1.82, 2.24) is 9.97 Å². The van der Waals surface area contributed by atoms with E-state index >= 15 is 0 Å². The Labute approximate surface area is 109 Å². The molecular formula is C13H9N5O. The number of hydrogen-bond acceptors (Lipinski definition) is 6. The second-order valence-corrected chi connectivity index (χ2v) is 3.76. The molecule has 0 fully saturated rings. The van der Waals surface area contributed by atoms with E-state index in [4.69, 9.17) is 21.0 Å². The molecule has 0 unspecified atom stereocenters. The zero-order chi connectivity index (χ0) is 13.8. The molecule has 0 saturated carbocycles. The number of aryl methyl sites for hydroxylation is 1. The highest BCUT2D eigenvalue weighted by Crippen LogP contribution is 2.24. The van der Waals surface area contributed by atoms with Crippen LogP contribution in [0.3, 0.4) is 0 Å². The topological polar surface area (TPSA) is 109 Å². The third kappa shape index (κ3) is 2.76. The number of benzene rings is 1. The SMILES string of the molecule is Cc1cc(C#N)nc(Oc2ccc(N)cc2C#N)n1. The molecule has 0 saturated heterocycles. The van der Waals surface area contributed by atoms with Crippen LogP contribution in [0.25, 0.3) is 0 Å². The van der Waals surface area contributed by atoms with Crippen LogP contribution in [0.15, 0.2) is 24.3 Å². The molecule has 1 heterocycles. The van der Waals surface area contributed by atoms with Crippen LogP contribution in [0.5, 0.6) is 11.8 Å². The Balaban J connectivity index is 2.40. The summed E-state index contributed by atoms with van der Waals surface area (Å²) in [6.45, 7) is 1.73. The number of aromatic nitrogens is 2. The van der Waals surface area contributed by atoms with E-state index in [0.29, 0.717) is 17.1 Å². The van der Waals surface area contributed by atoms with Gasteiger partial charge in [0.25, 0.3) is 0 Å². The molecule has 92 valence electrons. The second kappa shape index (κ2) is 5.03. The largest absolute Gasteiger partial charge is 0.423 e. The first-order valence-electron chi connectivity index (χ1n) is 5.35. The fraction of sp³-hybridized carbons (Fsp3) is 0.0769. The van der Waals surface area contributed by atoms with Crippen LogP contribution in [0.1, 0.15) is 17.0 Å². The minimum atomic E-state index is 0.0258. The summed E-state index contributed by atoms with van der Waals surface area (Å²) in [5, 5.41) is 17.8. The maximum atomic E-state index is 9.00. The summed E-state index contributed by atoms with van der Waals surface area (Å²) < 4.78 is 5.43. The molecule has 0 amide bonds. The number of nitriles is 2. The van der Waals surface area contributed by atoms with E-state index in [1.165, 1.54) is 6.07 Å². The van der Waals surface area contributed by atoms with Gasteiger partial charge in [0, 0.05) is 11.4 Å². The quantitative estimate of drug-likeness (QED) is 0.816. The zero-order valence-corrected chi connectivity index (χ0v) is 10.1. The van der Waals surface area contributed by atoms with E-state index in [-0.39, 0.29) is 17.3 Å². The molecular weight excluding hydrogens is 242 g/mol. The van der Waals surface area contributed by atoms with Crippen molar-refractivity contribution in [2.24, 2.45) is 0 Å². The molecule has 1 aromatic heterocycles. The van der Waals surface area contributed by atoms with Crippen LogP contribution < -0.4 is 10.5 Å². The zero-order valence-electron chi connectivity index (χ0n) is 10.1. The summed E-state index contributed by atoms with van der Waals surface area (Å²) in [6.07, 6.45) is 0. The van der Waals surface area contributed by atoms with E-state index in [1.54, 1.807) is 25.1 Å². The maximum Gasteiger partial charge on any atom is 0.323 e. The number of nitrogen functional groups attached to an aromatic ring is 1. The maximum absolute atomic E-state index is 9.00. The van der Waals surface area contributed by atoms with Crippen LogP contribution in [0, 0.1) is 29.6 Å². The molecule has 2 N–H and O–H groups in total. The van der Waals surface area contributed by atoms with E-state index in [1.807, 2.05) is 12.1 Å². The Morgan fingerprint density at radius 2 is 1.95 bits per heavy atom. The molecule has 6 nitrogen and oxygen atoms in total. The third-order valence-corrected chi connectivity index (χ3v) is 2.27. The average Bonchev–Trinajstić information content (AvgIpc) is 2.40. The third-order valence-electron chi connectivity index (χ3n) is 2.27. The number of rotatable bonds is 2. The second-order valence-electron chi connectivity index (χ2n) is 3.76. The van der Waals surface area contributed by atoms with Crippen molar-refractivity contribution in [3.8, 4) is 23.9 Å². The van der Waals surface area contributed by atoms with Crippen molar-refractivity contribution < 1.29 is 4.74 Å². The predicted octanol–water partition coefficient (Wildman–Crippen LogP) is 1.90. The Kier molecular flexibility index (Phi) is 3.26. The molecule has 0 atom stereocenters. The molecule has 6 heteroatoms. The summed E-state index contributed by atoms with van der Waals surface area (Å²) >= 11 is 0. The molecule has 19 heavy (non-hydrogen) atoms. The summed E-state index contributed by atoms with van der Waals surface area (Å²) in [5.74, 6) is 0.297. The Morgan fingerprint density at radius 3 is 2.63 bits per heavy atom. The Bertz CT molecular complexity index is 712. The van der Waals surface area contributed by atoms with Crippen LogP contribution in [-0.2, 0) is 0 Å². The lowest BCUT2D eigenvalue weighted by Crippen LogP contribution is -1.98. The van der Waals surface area contributed by atoms with Gasteiger partial charge in [-0.3, -0.25) is 0 Å². The standard InChI is InChI=1S/C13H9N5O/c1-8-4-11(7-15)18-13(17-8)19-12-3-2-10(16)5-9(12)6-14/h2-5H,16H2,1H3. The summed E-state index contributed by atoms with van der Waals surface area (Å²) in [6, 6.07) is 10.1. The molecule has 0 bridgehead atoms.